The van der Waals surface area contributed by atoms with Gasteiger partial charge in [0, 0.05) is 24.9 Å². The molecule has 1 aromatic carbocycles. The van der Waals surface area contributed by atoms with E-state index in [1.165, 1.54) is 4.88 Å². The number of rotatable bonds is 5. The summed E-state index contributed by atoms with van der Waals surface area (Å²) >= 11 is 1.65. The number of nitrogens with zero attached hydrogens (tertiary/aromatic N) is 2. The molecule has 1 amide bonds. The molecule has 1 aliphatic rings. The van der Waals surface area contributed by atoms with Crippen LogP contribution in [0.2, 0.25) is 0 Å². The Balaban J connectivity index is 1.62. The number of ether oxygens (including phenoxy) is 2. The van der Waals surface area contributed by atoms with Crippen LogP contribution in [-0.4, -0.2) is 43.1 Å². The van der Waals surface area contributed by atoms with Crippen LogP contribution in [0.1, 0.15) is 16.1 Å². The normalized spacial score (nSPS) is 16.2. The second-order valence-electron chi connectivity index (χ2n) is 6.03. The number of para-hydroxylation sites is 1. The number of fused-ring (bicyclic) bond motifs is 1. The van der Waals surface area contributed by atoms with Gasteiger partial charge in [0.25, 0.3) is 0 Å². The van der Waals surface area contributed by atoms with E-state index in [1.54, 1.807) is 23.3 Å². The highest BCUT2D eigenvalue weighted by atomic mass is 32.1. The van der Waals surface area contributed by atoms with Crippen LogP contribution in [0.15, 0.2) is 23.7 Å². The zero-order valence-electron chi connectivity index (χ0n) is 14.2. The summed E-state index contributed by atoms with van der Waals surface area (Å²) in [5.41, 5.74) is 3.94. The fourth-order valence-electron chi connectivity index (χ4n) is 2.97. The lowest BCUT2D eigenvalue weighted by Gasteiger charge is -2.29. The molecule has 0 saturated carbocycles. The number of hydrogen-bond acceptors (Lipinski definition) is 5. The number of likely N-dealkylation sites (N-methyl/N-ethyl adjacent to an activating group) is 1. The van der Waals surface area contributed by atoms with Gasteiger partial charge >= 0.3 is 0 Å². The van der Waals surface area contributed by atoms with Crippen LogP contribution in [0.3, 0.4) is 0 Å². The molecule has 24 heavy (non-hydrogen) atoms. The summed E-state index contributed by atoms with van der Waals surface area (Å²) in [6, 6.07) is 5.81. The van der Waals surface area contributed by atoms with E-state index in [1.807, 2.05) is 37.7 Å². The molecule has 1 atom stereocenters. The van der Waals surface area contributed by atoms with Crippen molar-refractivity contribution in [3.05, 3.63) is 39.8 Å². The fraction of sp³-hybridized carbons (Fsp3) is 0.444. The number of carbonyl (C=O) groups excluding carboxylic acids is 1. The molecule has 0 bridgehead atoms. The number of hydrogen-bond donors (Lipinski definition) is 0. The van der Waals surface area contributed by atoms with Gasteiger partial charge in [-0.1, -0.05) is 12.1 Å². The van der Waals surface area contributed by atoms with E-state index < -0.39 is 0 Å². The number of carbonyl (C=O) groups is 1. The van der Waals surface area contributed by atoms with Gasteiger partial charge < -0.3 is 14.4 Å². The third kappa shape index (κ3) is 3.38. The van der Waals surface area contributed by atoms with Crippen molar-refractivity contribution in [2.75, 3.05) is 27.3 Å². The quantitative estimate of drug-likeness (QED) is 0.835. The predicted octanol–water partition coefficient (Wildman–Crippen LogP) is 2.71. The fourth-order valence-corrected chi connectivity index (χ4v) is 3.74. The molecule has 6 heteroatoms. The first kappa shape index (κ1) is 16.8. The van der Waals surface area contributed by atoms with Crippen molar-refractivity contribution < 1.29 is 14.3 Å². The van der Waals surface area contributed by atoms with Gasteiger partial charge in [0.05, 0.1) is 24.2 Å². The summed E-state index contributed by atoms with van der Waals surface area (Å²) in [5, 5.41) is 0. The highest BCUT2D eigenvalue weighted by Gasteiger charge is 2.29. The molecule has 0 saturated heterocycles. The van der Waals surface area contributed by atoms with Crippen molar-refractivity contribution in [2.24, 2.45) is 5.92 Å². The largest absolute Gasteiger partial charge is 0.493 e. The van der Waals surface area contributed by atoms with Gasteiger partial charge in [0.15, 0.2) is 11.5 Å². The lowest BCUT2D eigenvalue weighted by atomic mass is 9.95. The van der Waals surface area contributed by atoms with Gasteiger partial charge in [0.1, 0.15) is 6.61 Å². The third-order valence-corrected chi connectivity index (χ3v) is 5.42. The Bertz CT molecular complexity index is 729. The van der Waals surface area contributed by atoms with Gasteiger partial charge in [-0.15, -0.1) is 11.3 Å². The molecule has 0 aliphatic carbocycles. The van der Waals surface area contributed by atoms with E-state index in [0.717, 1.165) is 29.2 Å². The molecular formula is C18H22N2O3S. The number of benzene rings is 1. The van der Waals surface area contributed by atoms with Crippen molar-refractivity contribution in [2.45, 2.75) is 19.8 Å². The summed E-state index contributed by atoms with van der Waals surface area (Å²) in [4.78, 5) is 20.0. The first-order chi connectivity index (χ1) is 11.6. The Morgan fingerprint density at radius 1 is 1.50 bits per heavy atom. The standard InChI is InChI=1S/C18H22N2O3S/c1-12-16(24-11-19-12)7-8-20(2)18(21)14-9-13-5-4-6-15(22-3)17(13)23-10-14/h4-6,11,14H,7-10H2,1-3H3/t14-/m1/s1. The molecule has 2 aromatic rings. The molecule has 1 aromatic heterocycles. The van der Waals surface area contributed by atoms with Crippen LogP contribution < -0.4 is 9.47 Å². The molecule has 0 spiro atoms. The molecule has 3 rings (SSSR count). The molecule has 0 N–H and O–H groups in total. The minimum atomic E-state index is -0.142. The van der Waals surface area contributed by atoms with Crippen LogP contribution in [0, 0.1) is 12.8 Å². The van der Waals surface area contributed by atoms with E-state index in [0.29, 0.717) is 19.6 Å². The molecular weight excluding hydrogens is 324 g/mol. The summed E-state index contributed by atoms with van der Waals surface area (Å²) in [7, 11) is 3.49. The van der Waals surface area contributed by atoms with Crippen LogP contribution in [0.25, 0.3) is 0 Å². The summed E-state index contributed by atoms with van der Waals surface area (Å²) in [6.45, 7) is 3.10. The van der Waals surface area contributed by atoms with Crippen molar-refractivity contribution in [1.82, 2.24) is 9.88 Å². The number of aromatic nitrogens is 1. The number of aryl methyl sites for hydroxylation is 1. The highest BCUT2D eigenvalue weighted by Crippen LogP contribution is 2.36. The maximum Gasteiger partial charge on any atom is 0.229 e. The zero-order chi connectivity index (χ0) is 17.1. The summed E-state index contributed by atoms with van der Waals surface area (Å²) in [5.74, 6) is 1.49. The Morgan fingerprint density at radius 2 is 2.33 bits per heavy atom. The Morgan fingerprint density at radius 3 is 3.04 bits per heavy atom. The highest BCUT2D eigenvalue weighted by molar-refractivity contribution is 7.09. The maximum absolute atomic E-state index is 12.7. The van der Waals surface area contributed by atoms with Gasteiger partial charge in [-0.3, -0.25) is 4.79 Å². The smallest absolute Gasteiger partial charge is 0.229 e. The monoisotopic (exact) mass is 346 g/mol. The van der Waals surface area contributed by atoms with Crippen molar-refractivity contribution >= 4 is 17.2 Å². The first-order valence-electron chi connectivity index (χ1n) is 8.02. The molecule has 0 radical (unpaired) electrons. The average molecular weight is 346 g/mol. The summed E-state index contributed by atoms with van der Waals surface area (Å²) < 4.78 is 11.1. The lowest BCUT2D eigenvalue weighted by Crippen LogP contribution is -2.39. The van der Waals surface area contributed by atoms with E-state index in [9.17, 15) is 4.79 Å². The van der Waals surface area contributed by atoms with Gasteiger partial charge in [-0.25, -0.2) is 4.98 Å². The third-order valence-electron chi connectivity index (χ3n) is 4.42. The lowest BCUT2D eigenvalue weighted by molar-refractivity contribution is -0.135. The average Bonchev–Trinajstić information content (AvgIpc) is 3.02. The molecule has 2 heterocycles. The predicted molar refractivity (Wildman–Crippen MR) is 93.9 cm³/mol. The van der Waals surface area contributed by atoms with Crippen molar-refractivity contribution in [3.63, 3.8) is 0 Å². The topological polar surface area (TPSA) is 51.7 Å². The van der Waals surface area contributed by atoms with Crippen molar-refractivity contribution in [1.29, 1.82) is 0 Å². The van der Waals surface area contributed by atoms with Crippen molar-refractivity contribution in [3.8, 4) is 11.5 Å². The van der Waals surface area contributed by atoms with Gasteiger partial charge in [-0.2, -0.15) is 0 Å². The van der Waals surface area contributed by atoms with E-state index in [4.69, 9.17) is 9.47 Å². The summed E-state index contributed by atoms with van der Waals surface area (Å²) in [6.07, 6.45) is 1.53. The number of methoxy groups -OCH3 is 1. The molecule has 0 fully saturated rings. The number of thiazole rings is 1. The second kappa shape index (κ2) is 7.21. The molecule has 1 aliphatic heterocycles. The van der Waals surface area contributed by atoms with Crippen LogP contribution in [0.4, 0.5) is 0 Å². The van der Waals surface area contributed by atoms with Gasteiger partial charge in [-0.05, 0) is 25.0 Å². The minimum Gasteiger partial charge on any atom is -0.493 e. The Labute approximate surface area is 146 Å². The Hall–Kier alpha value is -2.08. The van der Waals surface area contributed by atoms with Crippen LogP contribution in [-0.2, 0) is 17.6 Å². The molecule has 128 valence electrons. The zero-order valence-corrected chi connectivity index (χ0v) is 15.1. The minimum absolute atomic E-state index is 0.130. The van der Waals surface area contributed by atoms with E-state index in [-0.39, 0.29) is 11.8 Å². The SMILES string of the molecule is COc1cccc2c1OC[C@H](C(=O)N(C)CCc1scnc1C)C2. The molecule has 0 unspecified atom stereocenters. The van der Waals surface area contributed by atoms with E-state index in [2.05, 4.69) is 4.98 Å². The van der Waals surface area contributed by atoms with Crippen LogP contribution >= 0.6 is 11.3 Å². The maximum atomic E-state index is 12.7. The molecule has 5 nitrogen and oxygen atoms in total. The van der Waals surface area contributed by atoms with Crippen LogP contribution in [0.5, 0.6) is 11.5 Å². The van der Waals surface area contributed by atoms with E-state index >= 15 is 0 Å². The Kier molecular flexibility index (Phi) is 5.04. The number of amides is 1. The van der Waals surface area contributed by atoms with Gasteiger partial charge in [0.2, 0.25) is 5.91 Å². The first-order valence-corrected chi connectivity index (χ1v) is 8.90. The second-order valence-corrected chi connectivity index (χ2v) is 6.97.